The number of nitrogens with one attached hydrogen (secondary N) is 2. The molecule has 4 nitrogen and oxygen atoms in total. The molecule has 0 aliphatic heterocycles. The van der Waals surface area contributed by atoms with Crippen LogP contribution in [0.25, 0.3) is 0 Å². The normalized spacial score (nSPS) is 13.2. The zero-order valence-corrected chi connectivity index (χ0v) is 15.8. The van der Waals surface area contributed by atoms with E-state index in [0.29, 0.717) is 11.1 Å². The van der Waals surface area contributed by atoms with E-state index in [1.165, 1.54) is 17.4 Å². The Morgan fingerprint density at radius 1 is 1.15 bits per heavy atom. The quantitative estimate of drug-likeness (QED) is 0.736. The predicted molar refractivity (Wildman–Crippen MR) is 101 cm³/mol. The second kappa shape index (κ2) is 8.64. The largest absolute Gasteiger partial charge is 0.351 e. The Hall–Kier alpha value is -1.92. The fourth-order valence-electron chi connectivity index (χ4n) is 3.05. The lowest BCUT2D eigenvalue weighted by Gasteiger charge is -2.13. The topological polar surface area (TPSA) is 58.2 Å². The molecule has 3 rings (SSSR count). The van der Waals surface area contributed by atoms with Gasteiger partial charge in [-0.2, -0.15) is 0 Å². The van der Waals surface area contributed by atoms with Gasteiger partial charge in [0.2, 0.25) is 5.91 Å². The number of aryl methyl sites for hydroxylation is 1. The van der Waals surface area contributed by atoms with Crippen molar-refractivity contribution >= 4 is 34.8 Å². The van der Waals surface area contributed by atoms with Crippen LogP contribution in [0, 0.1) is 5.82 Å². The van der Waals surface area contributed by atoms with Crippen molar-refractivity contribution in [2.75, 3.05) is 5.88 Å². The van der Waals surface area contributed by atoms with E-state index >= 15 is 0 Å². The summed E-state index contributed by atoms with van der Waals surface area (Å²) in [7, 11) is 0. The number of alkyl halides is 1. The number of amides is 2. The molecular weight excluding hydrogens is 375 g/mol. The van der Waals surface area contributed by atoms with Crippen LogP contribution < -0.4 is 10.6 Å². The van der Waals surface area contributed by atoms with Crippen molar-refractivity contribution in [1.82, 2.24) is 10.6 Å². The standard InChI is InChI=1S/C19H20ClFN2O2S/c20-8-18(24)22-9-12-5-6-13(16(21)7-12)10-23-19(25)15-11-26-17-4-2-1-3-14(15)17/h5-7,11H,1-4,8-10H2,(H,22,24)(H,23,25). The van der Waals surface area contributed by atoms with Crippen LogP contribution >= 0.6 is 22.9 Å². The number of thiophene rings is 1. The molecule has 138 valence electrons. The zero-order valence-electron chi connectivity index (χ0n) is 14.2. The van der Waals surface area contributed by atoms with Gasteiger partial charge in [0.25, 0.3) is 5.91 Å². The van der Waals surface area contributed by atoms with Crippen molar-refractivity contribution in [2.45, 2.75) is 38.8 Å². The highest BCUT2D eigenvalue weighted by Crippen LogP contribution is 2.30. The third-order valence-corrected chi connectivity index (χ3v) is 5.81. The molecule has 1 aliphatic carbocycles. The summed E-state index contributed by atoms with van der Waals surface area (Å²) in [4.78, 5) is 24.9. The summed E-state index contributed by atoms with van der Waals surface area (Å²) in [6.07, 6.45) is 4.28. The molecule has 0 spiro atoms. The maximum atomic E-state index is 14.2. The number of carbonyl (C=O) groups is 2. The zero-order chi connectivity index (χ0) is 18.5. The lowest BCUT2D eigenvalue weighted by atomic mass is 9.95. The van der Waals surface area contributed by atoms with E-state index in [-0.39, 0.29) is 30.8 Å². The molecule has 1 aromatic heterocycles. The van der Waals surface area contributed by atoms with Crippen LogP contribution in [0.5, 0.6) is 0 Å². The summed E-state index contributed by atoms with van der Waals surface area (Å²) in [6, 6.07) is 4.72. The molecule has 2 amide bonds. The van der Waals surface area contributed by atoms with E-state index in [4.69, 9.17) is 11.6 Å². The number of fused-ring (bicyclic) bond motifs is 1. The number of rotatable bonds is 6. The van der Waals surface area contributed by atoms with Gasteiger partial charge in [-0.25, -0.2) is 4.39 Å². The number of benzene rings is 1. The lowest BCUT2D eigenvalue weighted by molar-refractivity contribution is -0.118. The minimum Gasteiger partial charge on any atom is -0.351 e. The Morgan fingerprint density at radius 3 is 2.73 bits per heavy atom. The molecule has 1 aliphatic rings. The molecular formula is C19H20ClFN2O2S. The van der Waals surface area contributed by atoms with Gasteiger partial charge < -0.3 is 10.6 Å². The summed E-state index contributed by atoms with van der Waals surface area (Å²) >= 11 is 7.04. The number of hydrogen-bond donors (Lipinski definition) is 2. The average molecular weight is 395 g/mol. The van der Waals surface area contributed by atoms with E-state index in [2.05, 4.69) is 10.6 Å². The molecule has 0 bridgehead atoms. The van der Waals surface area contributed by atoms with Crippen LogP contribution in [0.3, 0.4) is 0 Å². The fraction of sp³-hybridized carbons (Fsp3) is 0.368. The highest BCUT2D eigenvalue weighted by Gasteiger charge is 2.20. The molecule has 0 unspecified atom stereocenters. The van der Waals surface area contributed by atoms with Gasteiger partial charge in [-0.15, -0.1) is 22.9 Å². The average Bonchev–Trinajstić information content (AvgIpc) is 3.09. The van der Waals surface area contributed by atoms with Crippen LogP contribution in [0.15, 0.2) is 23.6 Å². The fourth-order valence-corrected chi connectivity index (χ4v) is 4.27. The summed E-state index contributed by atoms with van der Waals surface area (Å²) in [6.45, 7) is 0.347. The van der Waals surface area contributed by atoms with Gasteiger partial charge in [0.1, 0.15) is 11.7 Å². The van der Waals surface area contributed by atoms with Crippen LogP contribution in [-0.4, -0.2) is 17.7 Å². The summed E-state index contributed by atoms with van der Waals surface area (Å²) in [5, 5.41) is 7.31. The molecule has 2 N–H and O–H groups in total. The monoisotopic (exact) mass is 394 g/mol. The van der Waals surface area contributed by atoms with Gasteiger partial charge >= 0.3 is 0 Å². The van der Waals surface area contributed by atoms with Gasteiger partial charge in [-0.05, 0) is 42.9 Å². The first-order valence-electron chi connectivity index (χ1n) is 8.56. The van der Waals surface area contributed by atoms with Gasteiger partial charge in [0, 0.05) is 28.9 Å². The minimum absolute atomic E-state index is 0.126. The van der Waals surface area contributed by atoms with Crippen molar-refractivity contribution in [3.05, 3.63) is 56.5 Å². The Balaban J connectivity index is 1.60. The highest BCUT2D eigenvalue weighted by atomic mass is 35.5. The molecule has 7 heteroatoms. The van der Waals surface area contributed by atoms with E-state index in [9.17, 15) is 14.0 Å². The molecule has 0 atom stereocenters. The molecule has 1 heterocycles. The molecule has 0 saturated heterocycles. The molecule has 0 fully saturated rings. The van der Waals surface area contributed by atoms with Crippen molar-refractivity contribution in [3.63, 3.8) is 0 Å². The Morgan fingerprint density at radius 2 is 1.96 bits per heavy atom. The van der Waals surface area contributed by atoms with E-state index in [1.54, 1.807) is 23.5 Å². The predicted octanol–water partition coefficient (Wildman–Crippen LogP) is 3.55. The Bertz CT molecular complexity index is 822. The molecule has 0 radical (unpaired) electrons. The summed E-state index contributed by atoms with van der Waals surface area (Å²) in [5.41, 5.74) is 2.94. The van der Waals surface area contributed by atoms with Crippen LogP contribution in [0.1, 0.15) is 44.8 Å². The van der Waals surface area contributed by atoms with Crippen LogP contribution in [-0.2, 0) is 30.7 Å². The van der Waals surface area contributed by atoms with Crippen molar-refractivity contribution in [1.29, 1.82) is 0 Å². The highest BCUT2D eigenvalue weighted by molar-refractivity contribution is 7.10. The Kier molecular flexibility index (Phi) is 6.27. The number of carbonyl (C=O) groups excluding carboxylic acids is 2. The molecule has 1 aromatic carbocycles. The maximum absolute atomic E-state index is 14.2. The maximum Gasteiger partial charge on any atom is 0.252 e. The van der Waals surface area contributed by atoms with Gasteiger partial charge in [-0.3, -0.25) is 9.59 Å². The van der Waals surface area contributed by atoms with E-state index in [0.717, 1.165) is 30.4 Å². The first-order valence-corrected chi connectivity index (χ1v) is 9.97. The SMILES string of the molecule is O=C(CCl)NCc1ccc(CNC(=O)c2csc3c2CCCC3)c(F)c1. The summed E-state index contributed by atoms with van der Waals surface area (Å²) < 4.78 is 14.2. The van der Waals surface area contributed by atoms with Gasteiger partial charge in [0.15, 0.2) is 0 Å². The second-order valence-electron chi connectivity index (χ2n) is 6.28. The lowest BCUT2D eigenvalue weighted by Crippen LogP contribution is -2.25. The number of hydrogen-bond acceptors (Lipinski definition) is 3. The molecule has 26 heavy (non-hydrogen) atoms. The molecule has 2 aromatic rings. The first kappa shape index (κ1) is 18.9. The van der Waals surface area contributed by atoms with Crippen molar-refractivity contribution < 1.29 is 14.0 Å². The third kappa shape index (κ3) is 4.43. The van der Waals surface area contributed by atoms with Crippen LogP contribution in [0.2, 0.25) is 0 Å². The van der Waals surface area contributed by atoms with E-state index < -0.39 is 5.82 Å². The second-order valence-corrected chi connectivity index (χ2v) is 7.51. The van der Waals surface area contributed by atoms with Gasteiger partial charge in [-0.1, -0.05) is 12.1 Å². The van der Waals surface area contributed by atoms with Crippen LogP contribution in [0.4, 0.5) is 4.39 Å². The third-order valence-electron chi connectivity index (χ3n) is 4.47. The molecule has 0 saturated carbocycles. The first-order chi connectivity index (χ1) is 12.6. The van der Waals surface area contributed by atoms with Crippen molar-refractivity contribution in [3.8, 4) is 0 Å². The van der Waals surface area contributed by atoms with Gasteiger partial charge in [0.05, 0.1) is 5.56 Å². The van der Waals surface area contributed by atoms with Crippen molar-refractivity contribution in [2.24, 2.45) is 0 Å². The summed E-state index contributed by atoms with van der Waals surface area (Å²) in [5.74, 6) is -0.987. The Labute approximate surface area is 160 Å². The number of halogens is 2. The smallest absolute Gasteiger partial charge is 0.252 e. The van der Waals surface area contributed by atoms with E-state index in [1.807, 2.05) is 5.38 Å². The minimum atomic E-state index is -0.407.